The molecule has 0 saturated heterocycles. The Morgan fingerprint density at radius 2 is 2.05 bits per heavy atom. The molecule has 0 heterocycles. The lowest BCUT2D eigenvalue weighted by molar-refractivity contribution is -0.128. The predicted molar refractivity (Wildman–Crippen MR) is 94.7 cm³/mol. The smallest absolute Gasteiger partial charge is 0.230 e. The Balaban J connectivity index is 0.00000242. The Kier molecular flexibility index (Phi) is 7.67. The number of hydrogen-bond donors (Lipinski definition) is 2. The first-order chi connectivity index (χ1) is 10.1. The molecule has 1 saturated carbocycles. The van der Waals surface area contributed by atoms with Gasteiger partial charge >= 0.3 is 0 Å². The summed E-state index contributed by atoms with van der Waals surface area (Å²) in [7, 11) is 0. The lowest BCUT2D eigenvalue weighted by atomic mass is 9.68. The van der Waals surface area contributed by atoms with Crippen molar-refractivity contribution < 1.29 is 4.79 Å². The van der Waals surface area contributed by atoms with Gasteiger partial charge in [-0.25, -0.2) is 0 Å². The molecule has 1 atom stereocenters. The van der Waals surface area contributed by atoms with E-state index in [4.69, 9.17) is 17.3 Å². The largest absolute Gasteiger partial charge is 0.355 e. The van der Waals surface area contributed by atoms with Crippen LogP contribution in [-0.4, -0.2) is 19.0 Å². The maximum Gasteiger partial charge on any atom is 0.230 e. The van der Waals surface area contributed by atoms with Crippen LogP contribution in [0.4, 0.5) is 0 Å². The number of nitrogens with two attached hydrogens (primary N) is 1. The standard InChI is InChI=1S/C17H25ClN2O.ClH/c1-13(11-19)12-20-16(21)17(8-3-2-4-9-17)14-6-5-7-15(18)10-14;/h5-7,10,13H,2-4,8-9,11-12,19H2,1H3,(H,20,21);1H. The minimum Gasteiger partial charge on any atom is -0.355 e. The van der Waals surface area contributed by atoms with Crippen LogP contribution in [0.1, 0.15) is 44.6 Å². The molecule has 5 heteroatoms. The van der Waals surface area contributed by atoms with Crippen molar-refractivity contribution in [3.8, 4) is 0 Å². The van der Waals surface area contributed by atoms with Gasteiger partial charge in [-0.2, -0.15) is 0 Å². The van der Waals surface area contributed by atoms with E-state index in [0.29, 0.717) is 24.0 Å². The normalized spacial score (nSPS) is 18.1. The highest BCUT2D eigenvalue weighted by molar-refractivity contribution is 6.30. The number of halogens is 2. The van der Waals surface area contributed by atoms with Crippen LogP contribution in [0.3, 0.4) is 0 Å². The molecular weight excluding hydrogens is 319 g/mol. The van der Waals surface area contributed by atoms with Crippen molar-refractivity contribution in [1.29, 1.82) is 0 Å². The minimum absolute atomic E-state index is 0. The Hall–Kier alpha value is -0.770. The van der Waals surface area contributed by atoms with E-state index in [-0.39, 0.29) is 18.3 Å². The second-order valence-corrected chi connectivity index (χ2v) is 6.64. The maximum atomic E-state index is 12.9. The van der Waals surface area contributed by atoms with Gasteiger partial charge in [0.05, 0.1) is 5.41 Å². The van der Waals surface area contributed by atoms with Gasteiger partial charge in [-0.3, -0.25) is 4.79 Å². The fourth-order valence-electron chi connectivity index (χ4n) is 3.11. The van der Waals surface area contributed by atoms with Crippen LogP contribution in [0.5, 0.6) is 0 Å². The Bertz CT molecular complexity index is 487. The van der Waals surface area contributed by atoms with Gasteiger partial charge in [0, 0.05) is 11.6 Å². The van der Waals surface area contributed by atoms with Gasteiger partial charge in [-0.05, 0) is 43.0 Å². The van der Waals surface area contributed by atoms with E-state index in [1.807, 2.05) is 31.2 Å². The summed E-state index contributed by atoms with van der Waals surface area (Å²) in [6, 6.07) is 7.77. The van der Waals surface area contributed by atoms with Gasteiger partial charge in [0.25, 0.3) is 0 Å². The zero-order chi connectivity index (χ0) is 15.3. The molecule has 1 aliphatic rings. The SMILES string of the molecule is CC(CN)CNC(=O)C1(c2cccc(Cl)c2)CCCCC1.Cl. The molecule has 1 amide bonds. The summed E-state index contributed by atoms with van der Waals surface area (Å²) < 4.78 is 0. The molecule has 0 radical (unpaired) electrons. The van der Waals surface area contributed by atoms with Crippen LogP contribution in [0.2, 0.25) is 5.02 Å². The fraction of sp³-hybridized carbons (Fsp3) is 0.588. The summed E-state index contributed by atoms with van der Waals surface area (Å²) in [4.78, 5) is 12.9. The topological polar surface area (TPSA) is 55.1 Å². The van der Waals surface area contributed by atoms with Crippen molar-refractivity contribution in [3.63, 3.8) is 0 Å². The van der Waals surface area contributed by atoms with Crippen molar-refractivity contribution in [1.82, 2.24) is 5.32 Å². The molecule has 1 aromatic carbocycles. The summed E-state index contributed by atoms with van der Waals surface area (Å²) in [6.45, 7) is 3.27. The first kappa shape index (κ1) is 19.3. The van der Waals surface area contributed by atoms with E-state index in [9.17, 15) is 4.79 Å². The first-order valence-corrected chi connectivity index (χ1v) is 8.21. The second-order valence-electron chi connectivity index (χ2n) is 6.20. The van der Waals surface area contributed by atoms with Crippen LogP contribution in [0, 0.1) is 5.92 Å². The molecule has 1 unspecified atom stereocenters. The molecule has 1 aromatic rings. The van der Waals surface area contributed by atoms with Gasteiger partial charge in [0.15, 0.2) is 0 Å². The summed E-state index contributed by atoms with van der Waals surface area (Å²) in [5.41, 5.74) is 6.26. The Morgan fingerprint density at radius 1 is 1.36 bits per heavy atom. The molecule has 0 bridgehead atoms. The second kappa shape index (κ2) is 8.76. The van der Waals surface area contributed by atoms with Crippen molar-refractivity contribution >= 4 is 29.9 Å². The zero-order valence-corrected chi connectivity index (χ0v) is 14.7. The highest BCUT2D eigenvalue weighted by atomic mass is 35.5. The van der Waals surface area contributed by atoms with Crippen LogP contribution >= 0.6 is 24.0 Å². The lowest BCUT2D eigenvalue weighted by Crippen LogP contribution is -2.47. The molecule has 22 heavy (non-hydrogen) atoms. The summed E-state index contributed by atoms with van der Waals surface area (Å²) in [6.07, 6.45) is 5.18. The van der Waals surface area contributed by atoms with Gasteiger partial charge in [0.2, 0.25) is 5.91 Å². The monoisotopic (exact) mass is 344 g/mol. The Morgan fingerprint density at radius 3 is 2.64 bits per heavy atom. The zero-order valence-electron chi connectivity index (χ0n) is 13.1. The highest BCUT2D eigenvalue weighted by Crippen LogP contribution is 2.40. The van der Waals surface area contributed by atoms with Crippen molar-refractivity contribution in [3.05, 3.63) is 34.9 Å². The van der Waals surface area contributed by atoms with Gasteiger partial charge in [0.1, 0.15) is 0 Å². The number of carbonyl (C=O) groups is 1. The maximum absolute atomic E-state index is 12.9. The van der Waals surface area contributed by atoms with E-state index < -0.39 is 5.41 Å². The molecule has 2 rings (SSSR count). The average Bonchev–Trinajstić information content (AvgIpc) is 2.52. The molecule has 3 nitrogen and oxygen atoms in total. The van der Waals surface area contributed by atoms with Crippen LogP contribution in [0.25, 0.3) is 0 Å². The number of carbonyl (C=O) groups excluding carboxylic acids is 1. The van der Waals surface area contributed by atoms with Crippen molar-refractivity contribution in [2.45, 2.75) is 44.4 Å². The number of nitrogens with one attached hydrogen (secondary N) is 1. The summed E-state index contributed by atoms with van der Waals surface area (Å²) in [5.74, 6) is 0.429. The molecule has 0 spiro atoms. The fourth-order valence-corrected chi connectivity index (χ4v) is 3.30. The quantitative estimate of drug-likeness (QED) is 0.855. The summed E-state index contributed by atoms with van der Waals surface area (Å²) in [5, 5.41) is 3.79. The third-order valence-corrected chi connectivity index (χ3v) is 4.77. The van der Waals surface area contributed by atoms with E-state index in [1.54, 1.807) is 0 Å². The minimum atomic E-state index is -0.419. The molecule has 1 fully saturated rings. The van der Waals surface area contributed by atoms with E-state index in [0.717, 1.165) is 31.2 Å². The molecule has 0 aromatic heterocycles. The first-order valence-electron chi connectivity index (χ1n) is 7.83. The third-order valence-electron chi connectivity index (χ3n) is 4.53. The number of amides is 1. The number of rotatable bonds is 5. The lowest BCUT2D eigenvalue weighted by Gasteiger charge is -2.36. The van der Waals surface area contributed by atoms with Crippen LogP contribution in [0.15, 0.2) is 24.3 Å². The molecule has 3 N–H and O–H groups in total. The van der Waals surface area contributed by atoms with Crippen molar-refractivity contribution in [2.24, 2.45) is 11.7 Å². The summed E-state index contributed by atoms with van der Waals surface area (Å²) >= 11 is 6.13. The Labute approximate surface area is 144 Å². The van der Waals surface area contributed by atoms with Crippen LogP contribution < -0.4 is 11.1 Å². The predicted octanol–water partition coefficient (Wildman–Crippen LogP) is 3.67. The van der Waals surface area contributed by atoms with E-state index in [2.05, 4.69) is 5.32 Å². The average molecular weight is 345 g/mol. The molecule has 1 aliphatic carbocycles. The third kappa shape index (κ3) is 4.37. The van der Waals surface area contributed by atoms with Crippen LogP contribution in [-0.2, 0) is 10.2 Å². The molecule has 124 valence electrons. The molecular formula is C17H26Cl2N2O. The van der Waals surface area contributed by atoms with Crippen molar-refractivity contribution in [2.75, 3.05) is 13.1 Å². The van der Waals surface area contributed by atoms with Gasteiger partial charge < -0.3 is 11.1 Å². The molecule has 0 aliphatic heterocycles. The van der Waals surface area contributed by atoms with Gasteiger partial charge in [-0.15, -0.1) is 12.4 Å². The highest BCUT2D eigenvalue weighted by Gasteiger charge is 2.41. The van der Waals surface area contributed by atoms with Gasteiger partial charge in [-0.1, -0.05) is 49.9 Å². The van der Waals surface area contributed by atoms with E-state index >= 15 is 0 Å². The number of hydrogen-bond acceptors (Lipinski definition) is 2. The van der Waals surface area contributed by atoms with E-state index in [1.165, 1.54) is 6.42 Å². The number of benzene rings is 1.